The maximum atomic E-state index is 12.9. The number of rotatable bonds is 5. The predicted molar refractivity (Wildman–Crippen MR) is 84.2 cm³/mol. The summed E-state index contributed by atoms with van der Waals surface area (Å²) in [5.41, 5.74) is 0.457. The first kappa shape index (κ1) is 17.5. The number of aliphatic carboxylic acids is 1. The van der Waals surface area contributed by atoms with Crippen molar-refractivity contribution in [1.82, 2.24) is 4.31 Å². The molecule has 0 saturated carbocycles. The highest BCUT2D eigenvalue weighted by Gasteiger charge is 2.31. The Kier molecular flexibility index (Phi) is 5.43. The summed E-state index contributed by atoms with van der Waals surface area (Å²) < 4.78 is 32.4. The van der Waals surface area contributed by atoms with Crippen LogP contribution in [0.1, 0.15) is 25.3 Å². The molecule has 1 fully saturated rings. The first-order valence-electron chi connectivity index (χ1n) is 7.42. The third-order valence-electron chi connectivity index (χ3n) is 3.84. The highest BCUT2D eigenvalue weighted by molar-refractivity contribution is 7.89. The molecule has 0 N–H and O–H groups in total. The van der Waals surface area contributed by atoms with Crippen molar-refractivity contribution >= 4 is 22.1 Å². The van der Waals surface area contributed by atoms with Crippen LogP contribution in [0, 0.1) is 5.92 Å². The van der Waals surface area contributed by atoms with Crippen LogP contribution in [0.25, 0.3) is 6.08 Å². The van der Waals surface area contributed by atoms with Crippen molar-refractivity contribution in [3.05, 3.63) is 29.8 Å². The Bertz CT molecular complexity index is 711. The Balaban J connectivity index is 2.42. The molecule has 0 spiro atoms. The molecule has 1 atom stereocenters. The van der Waals surface area contributed by atoms with Gasteiger partial charge in [0.15, 0.2) is 0 Å². The van der Waals surface area contributed by atoms with E-state index in [0.29, 0.717) is 24.6 Å². The third-order valence-corrected chi connectivity index (χ3v) is 5.72. The van der Waals surface area contributed by atoms with Crippen LogP contribution in [-0.4, -0.2) is 38.9 Å². The number of nitrogens with zero attached hydrogens (tertiary/aromatic N) is 1. The van der Waals surface area contributed by atoms with E-state index in [4.69, 9.17) is 4.74 Å². The number of hydrogen-bond donors (Lipinski definition) is 0. The second-order valence-corrected chi connectivity index (χ2v) is 7.58. The molecule has 1 aliphatic heterocycles. The van der Waals surface area contributed by atoms with Crippen LogP contribution in [0.3, 0.4) is 0 Å². The topological polar surface area (TPSA) is 86.7 Å². The van der Waals surface area contributed by atoms with E-state index >= 15 is 0 Å². The SMILES string of the molecule is COc1ccc(/C=C/C(=O)[O-])cc1S(=O)(=O)N1CCC[C@H](C)C1. The van der Waals surface area contributed by atoms with Crippen LogP contribution in [0.4, 0.5) is 0 Å². The summed E-state index contributed by atoms with van der Waals surface area (Å²) in [4.78, 5) is 10.6. The molecule has 1 saturated heterocycles. The molecule has 7 heteroatoms. The molecule has 1 aliphatic rings. The molecule has 0 radical (unpaired) electrons. The fourth-order valence-electron chi connectivity index (χ4n) is 2.67. The van der Waals surface area contributed by atoms with Crippen molar-refractivity contribution in [2.75, 3.05) is 20.2 Å². The van der Waals surface area contributed by atoms with E-state index in [9.17, 15) is 18.3 Å². The van der Waals surface area contributed by atoms with Crippen molar-refractivity contribution in [1.29, 1.82) is 0 Å². The molecule has 2 rings (SSSR count). The van der Waals surface area contributed by atoms with Gasteiger partial charge in [-0.15, -0.1) is 0 Å². The molecule has 6 nitrogen and oxygen atoms in total. The minimum absolute atomic E-state index is 0.0506. The molecule has 0 unspecified atom stereocenters. The van der Waals surface area contributed by atoms with Gasteiger partial charge < -0.3 is 14.6 Å². The molecule has 0 aromatic heterocycles. The summed E-state index contributed by atoms with van der Waals surface area (Å²) in [6.07, 6.45) is 4.00. The molecule has 1 aromatic rings. The normalized spacial score (nSPS) is 19.8. The molecule has 0 amide bonds. The summed E-state index contributed by atoms with van der Waals surface area (Å²) in [5.74, 6) is -0.783. The molecule has 0 aliphatic carbocycles. The van der Waals surface area contributed by atoms with Crippen LogP contribution in [0.2, 0.25) is 0 Å². The van der Waals surface area contributed by atoms with Crippen molar-refractivity contribution < 1.29 is 23.1 Å². The maximum Gasteiger partial charge on any atom is 0.246 e. The molecule has 1 aromatic carbocycles. The Labute approximate surface area is 136 Å². The van der Waals surface area contributed by atoms with Gasteiger partial charge >= 0.3 is 0 Å². The highest BCUT2D eigenvalue weighted by atomic mass is 32.2. The van der Waals surface area contributed by atoms with Gasteiger partial charge in [0, 0.05) is 13.1 Å². The van der Waals surface area contributed by atoms with E-state index in [-0.39, 0.29) is 10.6 Å². The maximum absolute atomic E-state index is 12.9. The van der Waals surface area contributed by atoms with Gasteiger partial charge in [0.1, 0.15) is 10.6 Å². The summed E-state index contributed by atoms with van der Waals surface area (Å²) in [6.45, 7) is 2.98. The molecule has 0 bridgehead atoms. The fraction of sp³-hybridized carbons (Fsp3) is 0.438. The lowest BCUT2D eigenvalue weighted by Crippen LogP contribution is -2.39. The first-order valence-corrected chi connectivity index (χ1v) is 8.86. The zero-order valence-electron chi connectivity index (χ0n) is 13.2. The zero-order valence-corrected chi connectivity index (χ0v) is 14.0. The van der Waals surface area contributed by atoms with Gasteiger partial charge in [0.05, 0.1) is 13.1 Å². The van der Waals surface area contributed by atoms with Crippen LogP contribution in [0.5, 0.6) is 5.75 Å². The third kappa shape index (κ3) is 4.11. The smallest absolute Gasteiger partial charge is 0.246 e. The monoisotopic (exact) mass is 338 g/mol. The second kappa shape index (κ2) is 7.14. The van der Waals surface area contributed by atoms with Crippen LogP contribution < -0.4 is 9.84 Å². The predicted octanol–water partition coefficient (Wildman–Crippen LogP) is 0.879. The second-order valence-electron chi connectivity index (χ2n) is 5.67. The van der Waals surface area contributed by atoms with Crippen LogP contribution >= 0.6 is 0 Å². The van der Waals surface area contributed by atoms with Crippen molar-refractivity contribution in [2.24, 2.45) is 5.92 Å². The Morgan fingerprint density at radius 3 is 2.78 bits per heavy atom. The average molecular weight is 338 g/mol. The Morgan fingerprint density at radius 1 is 1.43 bits per heavy atom. The van der Waals surface area contributed by atoms with Crippen molar-refractivity contribution in [3.63, 3.8) is 0 Å². The van der Waals surface area contributed by atoms with E-state index in [0.717, 1.165) is 18.9 Å². The van der Waals surface area contributed by atoms with Gasteiger partial charge in [-0.25, -0.2) is 8.42 Å². The molecular formula is C16H20NO5S-. The van der Waals surface area contributed by atoms with Crippen LogP contribution in [-0.2, 0) is 14.8 Å². The van der Waals surface area contributed by atoms with Crippen molar-refractivity contribution in [2.45, 2.75) is 24.7 Å². The van der Waals surface area contributed by atoms with Gasteiger partial charge in [-0.3, -0.25) is 0 Å². The average Bonchev–Trinajstić information content (AvgIpc) is 2.52. The number of carboxylic acids is 1. The number of carbonyl (C=O) groups is 1. The minimum atomic E-state index is -3.69. The van der Waals surface area contributed by atoms with E-state index < -0.39 is 16.0 Å². The number of benzene rings is 1. The summed E-state index contributed by atoms with van der Waals surface area (Å²) in [7, 11) is -2.28. The number of methoxy groups -OCH3 is 1. The van der Waals surface area contributed by atoms with E-state index in [1.807, 2.05) is 6.92 Å². The molecule has 23 heavy (non-hydrogen) atoms. The summed E-state index contributed by atoms with van der Waals surface area (Å²) >= 11 is 0. The molecule has 126 valence electrons. The number of hydrogen-bond acceptors (Lipinski definition) is 5. The largest absolute Gasteiger partial charge is 0.545 e. The van der Waals surface area contributed by atoms with Gasteiger partial charge in [-0.2, -0.15) is 4.31 Å². The number of piperidine rings is 1. The summed E-state index contributed by atoms with van der Waals surface area (Å²) in [6, 6.07) is 4.54. The van der Waals surface area contributed by atoms with Gasteiger partial charge in [-0.05, 0) is 42.5 Å². The van der Waals surface area contributed by atoms with E-state index in [2.05, 4.69) is 0 Å². The minimum Gasteiger partial charge on any atom is -0.545 e. The highest BCUT2D eigenvalue weighted by Crippen LogP contribution is 2.30. The Morgan fingerprint density at radius 2 is 2.17 bits per heavy atom. The molecule has 1 heterocycles. The number of carboxylic acid groups (broad SMARTS) is 1. The first-order chi connectivity index (χ1) is 10.8. The number of ether oxygens (including phenoxy) is 1. The van der Waals surface area contributed by atoms with Gasteiger partial charge in [0.25, 0.3) is 0 Å². The molecular weight excluding hydrogens is 318 g/mol. The lowest BCUT2D eigenvalue weighted by Gasteiger charge is -2.30. The van der Waals surface area contributed by atoms with E-state index in [1.165, 1.54) is 29.6 Å². The van der Waals surface area contributed by atoms with Gasteiger partial charge in [0.2, 0.25) is 10.0 Å². The quantitative estimate of drug-likeness (QED) is 0.744. The van der Waals surface area contributed by atoms with Crippen molar-refractivity contribution in [3.8, 4) is 5.75 Å². The lowest BCUT2D eigenvalue weighted by molar-refractivity contribution is -0.297. The Hall–Kier alpha value is -1.86. The number of sulfonamides is 1. The van der Waals surface area contributed by atoms with Crippen LogP contribution in [0.15, 0.2) is 29.2 Å². The summed E-state index contributed by atoms with van der Waals surface area (Å²) in [5, 5.41) is 10.5. The fourth-order valence-corrected chi connectivity index (χ4v) is 4.46. The zero-order chi connectivity index (χ0) is 17.0. The lowest BCUT2D eigenvalue weighted by atomic mass is 10.0. The number of carbonyl (C=O) groups excluding carboxylic acids is 1. The standard InChI is InChI=1S/C16H21NO5S/c1-12-4-3-9-17(11-12)23(20,21)15-10-13(6-8-16(18)19)5-7-14(15)22-2/h5-8,10,12H,3-4,9,11H2,1-2H3,(H,18,19)/p-1/b8-6+/t12-/m0/s1. The van der Waals surface area contributed by atoms with Gasteiger partial charge in [-0.1, -0.05) is 19.1 Å². The van der Waals surface area contributed by atoms with E-state index in [1.54, 1.807) is 6.07 Å².